The van der Waals surface area contributed by atoms with Crippen molar-refractivity contribution >= 4 is 115 Å². The zero-order chi connectivity index (χ0) is 52.2. The molecule has 0 aliphatic carbocycles. The fourth-order valence-electron chi connectivity index (χ4n) is 12.7. The van der Waals surface area contributed by atoms with Crippen molar-refractivity contribution in [1.82, 2.24) is 9.13 Å². The third kappa shape index (κ3) is 7.16. The van der Waals surface area contributed by atoms with Gasteiger partial charge < -0.3 is 18.8 Å². The number of unbranched alkanes of at least 4 members (excludes halogenated alkanes) is 1. The van der Waals surface area contributed by atoms with Crippen LogP contribution in [0, 0.1) is 0 Å². The van der Waals surface area contributed by atoms with Gasteiger partial charge in [0.05, 0.1) is 22.1 Å². The van der Waals surface area contributed by atoms with Crippen LogP contribution in [0.25, 0.3) is 75.2 Å². The Morgan fingerprint density at radius 3 is 1.62 bits per heavy atom. The molecule has 2 aliphatic heterocycles. The van der Waals surface area contributed by atoms with Crippen LogP contribution in [0.1, 0.15) is 104 Å². The summed E-state index contributed by atoms with van der Waals surface area (Å²) in [7, 11) is 0. The van der Waals surface area contributed by atoms with E-state index in [-0.39, 0.29) is 23.0 Å². The Hall–Kier alpha value is -7.54. The van der Waals surface area contributed by atoms with Crippen LogP contribution in [0.3, 0.4) is 0 Å². The number of benzene rings is 9. The van der Waals surface area contributed by atoms with E-state index in [9.17, 15) is 0 Å². The fourth-order valence-corrected chi connectivity index (χ4v) is 13.9. The number of rotatable bonds is 6. The predicted molar refractivity (Wildman–Crippen MR) is 329 cm³/mol. The standard InChI is InChI=1S/C70H64BN3OS/c1-11-12-19-42-34-66-53(50-22-15-18-25-65(50)76-66)41-60(42)74-61-39-46(72-56-23-16-13-20-48(56)51-35-43(68(2,3)4)26-32-58(51)72)28-30-54(61)71-55-31-29-47(40-63(55)75-64-38-45(70(8,9)10)37-62(74)67(64)71)73-57-24-17-14-21-49(57)52-36-44(69(5,6)7)27-33-59(52)73/h13-18,20-41H,11-12,19H2,1-10H3. The number of nitrogens with zero attached hydrogens (tertiary/aromatic N) is 3. The number of anilines is 3. The van der Waals surface area contributed by atoms with Gasteiger partial charge in [-0.3, -0.25) is 0 Å². The first kappa shape index (κ1) is 47.0. The average Bonchev–Trinajstić information content (AvgIpc) is 4.06. The molecule has 4 nitrogen and oxygen atoms in total. The van der Waals surface area contributed by atoms with Crippen LogP contribution in [0.15, 0.2) is 170 Å². The van der Waals surface area contributed by atoms with E-state index in [2.05, 4.69) is 253 Å². The molecule has 14 rings (SSSR count). The van der Waals surface area contributed by atoms with E-state index in [0.717, 1.165) is 42.1 Å². The number of para-hydroxylation sites is 2. The summed E-state index contributed by atoms with van der Waals surface area (Å²) in [6, 6.07) is 65.2. The summed E-state index contributed by atoms with van der Waals surface area (Å²) in [5, 5.41) is 7.70. The van der Waals surface area contributed by atoms with Crippen molar-refractivity contribution in [3.63, 3.8) is 0 Å². The van der Waals surface area contributed by atoms with E-state index in [1.807, 2.05) is 11.3 Å². The molecule has 374 valence electrons. The van der Waals surface area contributed by atoms with Crippen LogP contribution in [0.5, 0.6) is 11.5 Å². The Balaban J connectivity index is 1.05. The second kappa shape index (κ2) is 16.7. The number of aryl methyl sites for hydroxylation is 1. The van der Waals surface area contributed by atoms with E-state index >= 15 is 0 Å². The molecule has 0 N–H and O–H groups in total. The van der Waals surface area contributed by atoms with E-state index in [4.69, 9.17) is 4.74 Å². The molecule has 0 saturated carbocycles. The molecule has 0 spiro atoms. The maximum absolute atomic E-state index is 7.47. The third-order valence-electron chi connectivity index (χ3n) is 16.8. The van der Waals surface area contributed by atoms with Crippen LogP contribution in [-0.2, 0) is 22.7 Å². The van der Waals surface area contributed by atoms with Gasteiger partial charge in [-0.25, -0.2) is 0 Å². The summed E-state index contributed by atoms with van der Waals surface area (Å²) in [5.41, 5.74) is 19.6. The first-order chi connectivity index (χ1) is 36.5. The molecule has 12 aromatic rings. The molecular formula is C70H64BN3OS. The van der Waals surface area contributed by atoms with Gasteiger partial charge in [-0.15, -0.1) is 11.3 Å². The summed E-state index contributed by atoms with van der Waals surface area (Å²) in [6.45, 7) is 23.1. The molecule has 0 unspecified atom stereocenters. The fraction of sp³-hybridized carbons (Fsp3) is 0.229. The molecule has 5 heterocycles. The Bertz CT molecular complexity index is 4390. The summed E-state index contributed by atoms with van der Waals surface area (Å²) in [5.74, 6) is 1.84. The number of aromatic nitrogens is 2. The van der Waals surface area contributed by atoms with Crippen LogP contribution in [-0.4, -0.2) is 15.8 Å². The van der Waals surface area contributed by atoms with Crippen molar-refractivity contribution < 1.29 is 4.74 Å². The second-order valence-corrected chi connectivity index (χ2v) is 25.9. The lowest BCUT2D eigenvalue weighted by Gasteiger charge is -2.42. The zero-order valence-corrected chi connectivity index (χ0v) is 46.3. The number of ether oxygens (including phenoxy) is 1. The number of hydrogen-bond donors (Lipinski definition) is 0. The highest BCUT2D eigenvalue weighted by Crippen LogP contribution is 2.49. The molecular weight excluding hydrogens is 942 g/mol. The highest BCUT2D eigenvalue weighted by atomic mass is 32.1. The Labute approximate surface area is 451 Å². The van der Waals surface area contributed by atoms with E-state index < -0.39 is 0 Å². The van der Waals surface area contributed by atoms with Gasteiger partial charge in [-0.1, -0.05) is 155 Å². The minimum atomic E-state index is -0.164. The predicted octanol–water partition coefficient (Wildman–Crippen LogP) is 17.9. The highest BCUT2D eigenvalue weighted by Gasteiger charge is 2.44. The quantitative estimate of drug-likeness (QED) is 0.155. The molecule has 0 radical (unpaired) electrons. The molecule has 0 saturated heterocycles. The van der Waals surface area contributed by atoms with Gasteiger partial charge >= 0.3 is 0 Å². The van der Waals surface area contributed by atoms with Gasteiger partial charge in [0.15, 0.2) is 0 Å². The van der Waals surface area contributed by atoms with Crippen molar-refractivity contribution in [1.29, 1.82) is 0 Å². The molecule has 2 aliphatic rings. The van der Waals surface area contributed by atoms with Crippen LogP contribution in [0.4, 0.5) is 17.1 Å². The molecule has 0 bridgehead atoms. The van der Waals surface area contributed by atoms with Crippen molar-refractivity contribution in [3.05, 3.63) is 192 Å². The first-order valence-corrected chi connectivity index (χ1v) is 28.3. The van der Waals surface area contributed by atoms with Gasteiger partial charge in [0.2, 0.25) is 0 Å². The van der Waals surface area contributed by atoms with Gasteiger partial charge in [0.1, 0.15) is 11.5 Å². The smallest absolute Gasteiger partial charge is 0.256 e. The largest absolute Gasteiger partial charge is 0.458 e. The van der Waals surface area contributed by atoms with Gasteiger partial charge in [-0.05, 0) is 153 Å². The summed E-state index contributed by atoms with van der Waals surface area (Å²) in [6.07, 6.45) is 3.20. The topological polar surface area (TPSA) is 22.3 Å². The lowest BCUT2D eigenvalue weighted by molar-refractivity contribution is 0.483. The molecule has 0 amide bonds. The van der Waals surface area contributed by atoms with Crippen LogP contribution >= 0.6 is 11.3 Å². The maximum Gasteiger partial charge on any atom is 0.256 e. The zero-order valence-electron chi connectivity index (χ0n) is 45.5. The van der Waals surface area contributed by atoms with Crippen molar-refractivity contribution in [3.8, 4) is 22.9 Å². The lowest BCUT2D eigenvalue weighted by atomic mass is 9.34. The Kier molecular flexibility index (Phi) is 10.3. The summed E-state index contributed by atoms with van der Waals surface area (Å²) < 4.78 is 15.1. The van der Waals surface area contributed by atoms with E-state index in [0.29, 0.717) is 0 Å². The monoisotopic (exact) mass is 1010 g/mol. The molecule has 0 atom stereocenters. The Morgan fingerprint density at radius 1 is 0.434 bits per heavy atom. The van der Waals surface area contributed by atoms with Crippen molar-refractivity contribution in [2.75, 3.05) is 4.90 Å². The summed E-state index contributed by atoms with van der Waals surface area (Å²) in [4.78, 5) is 2.65. The average molecular weight is 1010 g/mol. The molecule has 9 aromatic carbocycles. The van der Waals surface area contributed by atoms with Gasteiger partial charge in [0, 0.05) is 76.2 Å². The van der Waals surface area contributed by atoms with Gasteiger partial charge in [-0.2, -0.15) is 0 Å². The minimum Gasteiger partial charge on any atom is -0.458 e. The molecule has 0 fully saturated rings. The number of fused-ring (bicyclic) bond motifs is 13. The molecule has 76 heavy (non-hydrogen) atoms. The van der Waals surface area contributed by atoms with Crippen LogP contribution < -0.4 is 26.0 Å². The molecule has 6 heteroatoms. The van der Waals surface area contributed by atoms with Crippen molar-refractivity contribution in [2.45, 2.75) is 105 Å². The number of hydrogen-bond acceptors (Lipinski definition) is 3. The SMILES string of the molecule is CCCCc1cc2sc3ccccc3c2cc1N1c2cc(-n3c4ccccc4c4cc(C(C)(C)C)ccc43)ccc2B2c3ccc(-n4c5ccccc5c5cc(C(C)(C)C)ccc54)cc3Oc3cc(C(C)(C)C)cc1c32. The first-order valence-electron chi connectivity index (χ1n) is 27.5. The van der Waals surface area contributed by atoms with E-state index in [1.54, 1.807) is 0 Å². The van der Waals surface area contributed by atoms with Crippen LogP contribution in [0.2, 0.25) is 0 Å². The summed E-state index contributed by atoms with van der Waals surface area (Å²) >= 11 is 1.91. The van der Waals surface area contributed by atoms with Gasteiger partial charge in [0.25, 0.3) is 6.71 Å². The third-order valence-corrected chi connectivity index (χ3v) is 18.0. The number of thiophene rings is 1. The highest BCUT2D eigenvalue weighted by molar-refractivity contribution is 7.25. The normalized spacial score (nSPS) is 13.6. The lowest BCUT2D eigenvalue weighted by Crippen LogP contribution is -2.59. The molecule has 3 aromatic heterocycles. The minimum absolute atomic E-state index is 0.0204. The Morgan fingerprint density at radius 2 is 1.00 bits per heavy atom. The van der Waals surface area contributed by atoms with Crippen molar-refractivity contribution in [2.24, 2.45) is 0 Å². The second-order valence-electron chi connectivity index (χ2n) is 24.8. The van der Waals surface area contributed by atoms with E-state index in [1.165, 1.54) is 119 Å². The maximum atomic E-state index is 7.47.